The summed E-state index contributed by atoms with van der Waals surface area (Å²) in [7, 11) is 0. The smallest absolute Gasteiger partial charge is 0.343 e. The predicted molar refractivity (Wildman–Crippen MR) is 115 cm³/mol. The van der Waals surface area contributed by atoms with Gasteiger partial charge in [-0.25, -0.2) is 4.79 Å². The molecule has 32 heavy (non-hydrogen) atoms. The minimum atomic E-state index is -4.53. The molecule has 1 unspecified atom stereocenters. The molecule has 0 aliphatic carbocycles. The standard InChI is InChI=1S/C22H25F3N4O3/c1-13(2)18(29-21(32)27-16-7-5-4-6-8-16)20(31)28-17-11-15(10-9-14(17)3)19(30)26-12-22(23,24)25/h4-11,13,18H,12H2,1-3H3,(H,26,30)(H,28,31)(H2,27,29,32). The fourth-order valence-electron chi connectivity index (χ4n) is 2.76. The highest BCUT2D eigenvalue weighted by Crippen LogP contribution is 2.19. The number of hydrogen-bond acceptors (Lipinski definition) is 3. The lowest BCUT2D eigenvalue weighted by atomic mass is 10.0. The molecular weight excluding hydrogens is 425 g/mol. The number of carbonyl (C=O) groups excluding carboxylic acids is 3. The van der Waals surface area contributed by atoms with E-state index < -0.39 is 36.6 Å². The molecule has 2 aromatic carbocycles. The quantitative estimate of drug-likeness (QED) is 0.512. The first-order chi connectivity index (χ1) is 15.0. The van der Waals surface area contributed by atoms with Crippen LogP contribution in [0, 0.1) is 12.8 Å². The van der Waals surface area contributed by atoms with Gasteiger partial charge in [0.25, 0.3) is 5.91 Å². The molecule has 0 bridgehead atoms. The molecule has 0 saturated carbocycles. The Morgan fingerprint density at radius 1 is 0.969 bits per heavy atom. The monoisotopic (exact) mass is 450 g/mol. The average Bonchev–Trinajstić information content (AvgIpc) is 2.71. The Balaban J connectivity index is 2.09. The number of anilines is 2. The van der Waals surface area contributed by atoms with Crippen molar-refractivity contribution in [3.05, 3.63) is 59.7 Å². The molecule has 0 fully saturated rings. The van der Waals surface area contributed by atoms with Crippen molar-refractivity contribution in [2.75, 3.05) is 17.2 Å². The summed E-state index contributed by atoms with van der Waals surface area (Å²) in [4.78, 5) is 37.1. The fraction of sp³-hybridized carbons (Fsp3) is 0.318. The molecule has 0 saturated heterocycles. The van der Waals surface area contributed by atoms with Crippen molar-refractivity contribution in [1.29, 1.82) is 0 Å². The van der Waals surface area contributed by atoms with Gasteiger partial charge >= 0.3 is 12.2 Å². The molecule has 0 radical (unpaired) electrons. The van der Waals surface area contributed by atoms with Crippen LogP contribution < -0.4 is 21.3 Å². The number of halogens is 3. The Kier molecular flexibility index (Phi) is 8.22. The second-order valence-corrected chi connectivity index (χ2v) is 7.50. The van der Waals surface area contributed by atoms with Gasteiger partial charge in [-0.3, -0.25) is 9.59 Å². The van der Waals surface area contributed by atoms with E-state index in [0.717, 1.165) is 0 Å². The number of nitrogens with one attached hydrogen (secondary N) is 4. The van der Waals surface area contributed by atoms with Gasteiger partial charge < -0.3 is 21.3 Å². The maximum atomic E-state index is 12.8. The summed E-state index contributed by atoms with van der Waals surface area (Å²) in [6, 6.07) is 11.4. The van der Waals surface area contributed by atoms with Crippen LogP contribution in [0.1, 0.15) is 29.8 Å². The third-order valence-corrected chi connectivity index (χ3v) is 4.47. The van der Waals surface area contributed by atoms with Crippen LogP contribution in [-0.4, -0.2) is 36.6 Å². The van der Waals surface area contributed by atoms with Crippen LogP contribution in [0.4, 0.5) is 29.3 Å². The molecule has 2 aromatic rings. The first-order valence-electron chi connectivity index (χ1n) is 9.85. The number of alkyl halides is 3. The van der Waals surface area contributed by atoms with E-state index in [9.17, 15) is 27.6 Å². The molecule has 0 heterocycles. The average molecular weight is 450 g/mol. The number of aryl methyl sites for hydroxylation is 1. The van der Waals surface area contributed by atoms with E-state index in [1.807, 2.05) is 0 Å². The van der Waals surface area contributed by atoms with Crippen LogP contribution >= 0.6 is 0 Å². The van der Waals surface area contributed by atoms with Crippen molar-refractivity contribution in [2.24, 2.45) is 5.92 Å². The maximum absolute atomic E-state index is 12.8. The normalized spacial score (nSPS) is 12.1. The fourth-order valence-corrected chi connectivity index (χ4v) is 2.76. The van der Waals surface area contributed by atoms with Gasteiger partial charge in [-0.2, -0.15) is 13.2 Å². The minimum Gasteiger partial charge on any atom is -0.343 e. The van der Waals surface area contributed by atoms with Crippen molar-refractivity contribution < 1.29 is 27.6 Å². The molecule has 0 aliphatic rings. The zero-order chi connectivity index (χ0) is 23.9. The van der Waals surface area contributed by atoms with Gasteiger partial charge in [-0.15, -0.1) is 0 Å². The van der Waals surface area contributed by atoms with E-state index in [1.165, 1.54) is 18.2 Å². The van der Waals surface area contributed by atoms with Gasteiger partial charge in [0.1, 0.15) is 12.6 Å². The van der Waals surface area contributed by atoms with Crippen LogP contribution in [-0.2, 0) is 4.79 Å². The molecule has 1 atom stereocenters. The van der Waals surface area contributed by atoms with E-state index in [0.29, 0.717) is 11.3 Å². The van der Waals surface area contributed by atoms with Crippen molar-refractivity contribution in [3.63, 3.8) is 0 Å². The Labute approximate surface area is 183 Å². The number of carbonyl (C=O) groups is 3. The Hall–Kier alpha value is -3.56. The molecular formula is C22H25F3N4O3. The van der Waals surface area contributed by atoms with Gasteiger partial charge in [0.2, 0.25) is 5.91 Å². The van der Waals surface area contributed by atoms with E-state index in [-0.39, 0.29) is 17.2 Å². The molecule has 0 aliphatic heterocycles. The number of para-hydroxylation sites is 1. The summed E-state index contributed by atoms with van der Waals surface area (Å²) >= 11 is 0. The third kappa shape index (κ3) is 7.60. The molecule has 0 aromatic heterocycles. The van der Waals surface area contributed by atoms with Gasteiger partial charge in [0.15, 0.2) is 0 Å². The van der Waals surface area contributed by atoms with Gasteiger partial charge in [0.05, 0.1) is 0 Å². The second-order valence-electron chi connectivity index (χ2n) is 7.50. The van der Waals surface area contributed by atoms with Crippen LogP contribution in [0.2, 0.25) is 0 Å². The summed E-state index contributed by atoms with van der Waals surface area (Å²) < 4.78 is 37.0. The lowest BCUT2D eigenvalue weighted by Crippen LogP contribution is -2.48. The number of urea groups is 1. The Morgan fingerprint density at radius 3 is 2.22 bits per heavy atom. The number of benzene rings is 2. The van der Waals surface area contributed by atoms with Crippen LogP contribution in [0.5, 0.6) is 0 Å². The second kappa shape index (κ2) is 10.7. The van der Waals surface area contributed by atoms with Crippen molar-refractivity contribution in [1.82, 2.24) is 10.6 Å². The van der Waals surface area contributed by atoms with Gasteiger partial charge in [0, 0.05) is 16.9 Å². The third-order valence-electron chi connectivity index (χ3n) is 4.47. The first kappa shape index (κ1) is 24.7. The zero-order valence-electron chi connectivity index (χ0n) is 17.8. The number of amides is 4. The topological polar surface area (TPSA) is 99.3 Å². The first-order valence-corrected chi connectivity index (χ1v) is 9.85. The molecule has 4 N–H and O–H groups in total. The summed E-state index contributed by atoms with van der Waals surface area (Å²) in [5, 5.41) is 9.68. The largest absolute Gasteiger partial charge is 0.405 e. The molecule has 0 spiro atoms. The van der Waals surface area contributed by atoms with Gasteiger partial charge in [-0.1, -0.05) is 38.1 Å². The highest BCUT2D eigenvalue weighted by atomic mass is 19.4. The molecule has 2 rings (SSSR count). The lowest BCUT2D eigenvalue weighted by Gasteiger charge is -2.22. The Morgan fingerprint density at radius 2 is 1.62 bits per heavy atom. The summed E-state index contributed by atoms with van der Waals surface area (Å²) in [6.45, 7) is 3.71. The van der Waals surface area contributed by atoms with E-state index in [4.69, 9.17) is 0 Å². The van der Waals surface area contributed by atoms with Crippen LogP contribution in [0.15, 0.2) is 48.5 Å². The maximum Gasteiger partial charge on any atom is 0.405 e. The minimum absolute atomic E-state index is 0.0361. The summed E-state index contributed by atoms with van der Waals surface area (Å²) in [5.41, 5.74) is 1.37. The summed E-state index contributed by atoms with van der Waals surface area (Å²) in [5.74, 6) is -1.71. The van der Waals surface area contributed by atoms with Crippen molar-refractivity contribution in [2.45, 2.75) is 33.0 Å². The molecule has 10 heteroatoms. The highest BCUT2D eigenvalue weighted by Gasteiger charge is 2.28. The molecule has 172 valence electrons. The summed E-state index contributed by atoms with van der Waals surface area (Å²) in [6.07, 6.45) is -4.53. The van der Waals surface area contributed by atoms with Crippen molar-refractivity contribution >= 4 is 29.2 Å². The van der Waals surface area contributed by atoms with Crippen LogP contribution in [0.3, 0.4) is 0 Å². The molecule has 7 nitrogen and oxygen atoms in total. The predicted octanol–water partition coefficient (Wildman–Crippen LogP) is 4.07. The lowest BCUT2D eigenvalue weighted by molar-refractivity contribution is -0.123. The SMILES string of the molecule is Cc1ccc(C(=O)NCC(F)(F)F)cc1NC(=O)C(NC(=O)Nc1ccccc1)C(C)C. The Bertz CT molecular complexity index is 963. The van der Waals surface area contributed by atoms with Crippen LogP contribution in [0.25, 0.3) is 0 Å². The van der Waals surface area contributed by atoms with Crippen molar-refractivity contribution in [3.8, 4) is 0 Å². The van der Waals surface area contributed by atoms with E-state index >= 15 is 0 Å². The number of hydrogen-bond donors (Lipinski definition) is 4. The number of rotatable bonds is 7. The van der Waals surface area contributed by atoms with E-state index in [1.54, 1.807) is 56.4 Å². The van der Waals surface area contributed by atoms with Gasteiger partial charge in [-0.05, 0) is 42.7 Å². The zero-order valence-corrected chi connectivity index (χ0v) is 17.8. The highest BCUT2D eigenvalue weighted by molar-refractivity contribution is 6.01. The van der Waals surface area contributed by atoms with E-state index in [2.05, 4.69) is 16.0 Å². The molecule has 4 amide bonds.